The largest absolute Gasteiger partial charge is 0.419 e. The molecule has 10 heteroatoms. The van der Waals surface area contributed by atoms with E-state index in [1.807, 2.05) is 0 Å². The summed E-state index contributed by atoms with van der Waals surface area (Å²) in [5, 5.41) is 13.1. The van der Waals surface area contributed by atoms with Crippen LogP contribution in [0.15, 0.2) is 12.1 Å². The van der Waals surface area contributed by atoms with Crippen LogP contribution in [0.25, 0.3) is 0 Å². The van der Waals surface area contributed by atoms with E-state index < -0.39 is 45.5 Å². The normalized spacial score (nSPS) is 12.0. The lowest BCUT2D eigenvalue weighted by Gasteiger charge is -2.19. The maximum Gasteiger partial charge on any atom is 0.419 e. The van der Waals surface area contributed by atoms with Crippen molar-refractivity contribution in [3.63, 3.8) is 0 Å². The van der Waals surface area contributed by atoms with E-state index in [1.54, 1.807) is 20.8 Å². The fourth-order valence-electron chi connectivity index (χ4n) is 1.42. The predicted octanol–water partition coefficient (Wildman–Crippen LogP) is 3.64. The number of benzene rings is 1. The molecular formula is C12H12F4N2O4. The van der Waals surface area contributed by atoms with Gasteiger partial charge in [-0.25, -0.2) is 9.18 Å². The highest BCUT2D eigenvalue weighted by atomic mass is 19.4. The van der Waals surface area contributed by atoms with Crippen molar-refractivity contribution in [1.82, 2.24) is 5.32 Å². The van der Waals surface area contributed by atoms with Crippen molar-refractivity contribution in [3.8, 4) is 5.75 Å². The van der Waals surface area contributed by atoms with Crippen molar-refractivity contribution in [2.45, 2.75) is 32.5 Å². The quantitative estimate of drug-likeness (QED) is 0.511. The van der Waals surface area contributed by atoms with Crippen LogP contribution in [0.2, 0.25) is 0 Å². The van der Waals surface area contributed by atoms with Gasteiger partial charge in [-0.05, 0) is 20.8 Å². The first-order valence-electron chi connectivity index (χ1n) is 5.86. The van der Waals surface area contributed by atoms with E-state index in [2.05, 4.69) is 10.1 Å². The number of halogens is 4. The zero-order chi connectivity index (χ0) is 17.3. The van der Waals surface area contributed by atoms with E-state index in [1.165, 1.54) is 0 Å². The molecule has 0 saturated carbocycles. The van der Waals surface area contributed by atoms with Crippen LogP contribution in [0.1, 0.15) is 26.3 Å². The lowest BCUT2D eigenvalue weighted by molar-refractivity contribution is -0.385. The molecule has 1 amide bonds. The van der Waals surface area contributed by atoms with Crippen molar-refractivity contribution in [3.05, 3.63) is 33.6 Å². The van der Waals surface area contributed by atoms with Gasteiger partial charge < -0.3 is 10.1 Å². The molecule has 122 valence electrons. The number of ether oxygens (including phenoxy) is 1. The second kappa shape index (κ2) is 5.78. The van der Waals surface area contributed by atoms with Crippen molar-refractivity contribution < 1.29 is 32.0 Å². The Kier molecular flexibility index (Phi) is 4.64. The molecular weight excluding hydrogens is 312 g/mol. The standard InChI is InChI=1S/C12H12F4N2O4/c1-11(2,3)17-10(19)22-9-5-7(13)6(12(14,15)16)4-8(9)18(20)21/h4-5H,1-3H3,(H,17,19). The summed E-state index contributed by atoms with van der Waals surface area (Å²) in [7, 11) is 0. The van der Waals surface area contributed by atoms with Gasteiger partial charge in [0.25, 0.3) is 0 Å². The SMILES string of the molecule is CC(C)(C)NC(=O)Oc1cc(F)c(C(F)(F)F)cc1[N+](=O)[O-]. The van der Waals surface area contributed by atoms with Crippen molar-refractivity contribution in [2.75, 3.05) is 0 Å². The smallest absolute Gasteiger partial charge is 0.403 e. The number of nitro benzene ring substituents is 1. The molecule has 0 aliphatic carbocycles. The topological polar surface area (TPSA) is 81.5 Å². The highest BCUT2D eigenvalue weighted by Crippen LogP contribution is 2.38. The summed E-state index contributed by atoms with van der Waals surface area (Å²) >= 11 is 0. The van der Waals surface area contributed by atoms with Gasteiger partial charge >= 0.3 is 18.0 Å². The fraction of sp³-hybridized carbons (Fsp3) is 0.417. The molecule has 0 spiro atoms. The highest BCUT2D eigenvalue weighted by molar-refractivity contribution is 5.73. The van der Waals surface area contributed by atoms with Crippen molar-refractivity contribution >= 4 is 11.8 Å². The van der Waals surface area contributed by atoms with Crippen LogP contribution in [0.3, 0.4) is 0 Å². The van der Waals surface area contributed by atoms with E-state index in [4.69, 9.17) is 0 Å². The molecule has 1 N–H and O–H groups in total. The highest BCUT2D eigenvalue weighted by Gasteiger charge is 2.37. The Bertz CT molecular complexity index is 608. The van der Waals surface area contributed by atoms with Gasteiger partial charge in [0.15, 0.2) is 0 Å². The van der Waals surface area contributed by atoms with E-state index in [9.17, 15) is 32.5 Å². The summed E-state index contributed by atoms with van der Waals surface area (Å²) in [5.74, 6) is -2.70. The number of nitrogens with one attached hydrogen (secondary N) is 1. The summed E-state index contributed by atoms with van der Waals surface area (Å²) in [4.78, 5) is 21.1. The predicted molar refractivity (Wildman–Crippen MR) is 67.0 cm³/mol. The molecule has 0 aliphatic heterocycles. The Balaban J connectivity index is 3.23. The summed E-state index contributed by atoms with van der Waals surface area (Å²) in [6.07, 6.45) is -6.27. The molecule has 0 aliphatic rings. The lowest BCUT2D eigenvalue weighted by atomic mass is 10.1. The molecule has 0 bridgehead atoms. The summed E-state index contributed by atoms with van der Waals surface area (Å²) < 4.78 is 55.5. The van der Waals surface area contributed by atoms with Gasteiger partial charge in [0.05, 0.1) is 10.5 Å². The van der Waals surface area contributed by atoms with Gasteiger partial charge in [0.2, 0.25) is 5.75 Å². The third-order valence-electron chi connectivity index (χ3n) is 2.23. The van der Waals surface area contributed by atoms with Crippen LogP contribution in [0.4, 0.5) is 28.0 Å². The first-order chi connectivity index (χ1) is 9.81. The average molecular weight is 324 g/mol. The Morgan fingerprint density at radius 2 is 1.82 bits per heavy atom. The molecule has 0 aromatic heterocycles. The van der Waals surface area contributed by atoms with Gasteiger partial charge in [0.1, 0.15) is 5.82 Å². The van der Waals surface area contributed by atoms with E-state index >= 15 is 0 Å². The molecule has 0 atom stereocenters. The molecule has 0 unspecified atom stereocenters. The van der Waals surface area contributed by atoms with Crippen LogP contribution in [-0.2, 0) is 6.18 Å². The first kappa shape index (κ1) is 17.7. The maximum atomic E-state index is 13.4. The Morgan fingerprint density at radius 3 is 2.23 bits per heavy atom. The number of nitro groups is 1. The Morgan fingerprint density at radius 1 is 1.27 bits per heavy atom. The van der Waals surface area contributed by atoms with Crippen LogP contribution in [-0.4, -0.2) is 16.6 Å². The second-order valence-electron chi connectivity index (χ2n) is 5.32. The third kappa shape index (κ3) is 4.57. The zero-order valence-electron chi connectivity index (χ0n) is 11.7. The van der Waals surface area contributed by atoms with Crippen LogP contribution >= 0.6 is 0 Å². The first-order valence-corrected chi connectivity index (χ1v) is 5.86. The Labute approximate surface area is 122 Å². The zero-order valence-corrected chi connectivity index (χ0v) is 11.7. The second-order valence-corrected chi connectivity index (χ2v) is 5.32. The molecule has 0 saturated heterocycles. The summed E-state index contributed by atoms with van der Waals surface area (Å²) in [6.45, 7) is 4.74. The summed E-state index contributed by atoms with van der Waals surface area (Å²) in [5.41, 5.74) is -3.74. The molecule has 0 fully saturated rings. The average Bonchev–Trinajstić information content (AvgIpc) is 2.23. The molecule has 0 heterocycles. The van der Waals surface area contributed by atoms with E-state index in [0.717, 1.165) is 0 Å². The maximum absolute atomic E-state index is 13.4. The van der Waals surface area contributed by atoms with Crippen LogP contribution in [0.5, 0.6) is 5.75 Å². The number of carbonyl (C=O) groups is 1. The molecule has 1 aromatic carbocycles. The van der Waals surface area contributed by atoms with Crippen molar-refractivity contribution in [1.29, 1.82) is 0 Å². The number of rotatable bonds is 2. The van der Waals surface area contributed by atoms with Gasteiger partial charge in [-0.3, -0.25) is 10.1 Å². The lowest BCUT2D eigenvalue weighted by Crippen LogP contribution is -2.42. The van der Waals surface area contributed by atoms with Crippen LogP contribution < -0.4 is 10.1 Å². The van der Waals surface area contributed by atoms with E-state index in [-0.39, 0.29) is 12.1 Å². The Hall–Kier alpha value is -2.39. The van der Waals surface area contributed by atoms with Crippen LogP contribution in [0, 0.1) is 15.9 Å². The van der Waals surface area contributed by atoms with E-state index in [0.29, 0.717) is 0 Å². The molecule has 0 radical (unpaired) electrons. The fourth-order valence-corrected chi connectivity index (χ4v) is 1.42. The number of carbonyl (C=O) groups excluding carboxylic acids is 1. The van der Waals surface area contributed by atoms with Gasteiger partial charge in [-0.2, -0.15) is 13.2 Å². The third-order valence-corrected chi connectivity index (χ3v) is 2.23. The van der Waals surface area contributed by atoms with Gasteiger partial charge in [-0.1, -0.05) is 0 Å². The number of amides is 1. The minimum atomic E-state index is -5.11. The van der Waals surface area contributed by atoms with Crippen molar-refractivity contribution in [2.24, 2.45) is 0 Å². The van der Waals surface area contributed by atoms with Gasteiger partial charge in [-0.15, -0.1) is 0 Å². The summed E-state index contributed by atoms with van der Waals surface area (Å²) in [6, 6.07) is 0.137. The molecule has 6 nitrogen and oxygen atoms in total. The number of alkyl halides is 3. The number of hydrogen-bond donors (Lipinski definition) is 1. The monoisotopic (exact) mass is 324 g/mol. The minimum Gasteiger partial charge on any atom is -0.403 e. The number of nitrogens with zero attached hydrogens (tertiary/aromatic N) is 1. The van der Waals surface area contributed by atoms with Gasteiger partial charge in [0, 0.05) is 17.7 Å². The molecule has 1 aromatic rings. The molecule has 22 heavy (non-hydrogen) atoms. The minimum absolute atomic E-state index is 0.0188. The number of hydrogen-bond acceptors (Lipinski definition) is 4. The molecule has 1 rings (SSSR count).